The summed E-state index contributed by atoms with van der Waals surface area (Å²) in [5.41, 5.74) is 0.943. The predicted molar refractivity (Wildman–Crippen MR) is 169 cm³/mol. The average Bonchev–Trinajstić information content (AvgIpc) is 3.09. The lowest BCUT2D eigenvalue weighted by Crippen LogP contribution is -2.57. The maximum Gasteiger partial charge on any atom is 0.405 e. The first-order valence-corrected chi connectivity index (χ1v) is 18.9. The fraction of sp³-hybridized carbons (Fsp3) is 0.533. The fourth-order valence-electron chi connectivity index (χ4n) is 6.84. The van der Waals surface area contributed by atoms with Crippen LogP contribution in [0.15, 0.2) is 42.5 Å². The molecule has 15 heteroatoms. The van der Waals surface area contributed by atoms with E-state index in [0.717, 1.165) is 6.42 Å². The molecule has 3 fully saturated rings. The third-order valence-electron chi connectivity index (χ3n) is 9.15. The van der Waals surface area contributed by atoms with Crippen molar-refractivity contribution in [1.82, 2.24) is 14.9 Å². The van der Waals surface area contributed by atoms with E-state index in [0.29, 0.717) is 36.5 Å². The van der Waals surface area contributed by atoms with Crippen molar-refractivity contribution in [2.45, 2.75) is 62.6 Å². The number of fused-ring (bicyclic) bond motifs is 2. The van der Waals surface area contributed by atoms with Gasteiger partial charge in [-0.2, -0.15) is 4.31 Å². The highest BCUT2D eigenvalue weighted by Gasteiger charge is 2.40. The van der Waals surface area contributed by atoms with Crippen LogP contribution in [0.25, 0.3) is 0 Å². The molecule has 11 nitrogen and oxygen atoms in total. The summed E-state index contributed by atoms with van der Waals surface area (Å²) in [6.45, 7) is 0.801. The standard InChI is InChI=1S/C30H38ClFN4O7S2/c31-21-8-6-19(7-9-21)27(20-12-15-44(40,41)16-13-20)28(35-30(38)39)29(37)34-26-5-1-4-25(32)24(26)11-10-23-17-33-22-3-2-14-45(42,43)36(23)18-22/h1,4-9,20,22-23,27-28,33,35H,2-3,10-18H2,(H,34,37)(H,38,39)/t22?,23-,27-,28-/m0/s1. The van der Waals surface area contributed by atoms with E-state index in [1.165, 1.54) is 22.5 Å². The highest BCUT2D eigenvalue weighted by Crippen LogP contribution is 2.37. The molecule has 0 aromatic heterocycles. The Morgan fingerprint density at radius 3 is 2.44 bits per heavy atom. The van der Waals surface area contributed by atoms with Crippen molar-refractivity contribution in [1.29, 1.82) is 0 Å². The number of rotatable bonds is 9. The largest absolute Gasteiger partial charge is 0.465 e. The first-order valence-electron chi connectivity index (χ1n) is 15.1. The topological polar surface area (TPSA) is 162 Å². The van der Waals surface area contributed by atoms with Crippen molar-refractivity contribution < 1.29 is 35.9 Å². The van der Waals surface area contributed by atoms with Crippen LogP contribution in [0, 0.1) is 11.7 Å². The van der Waals surface area contributed by atoms with E-state index in [-0.39, 0.29) is 65.8 Å². The molecule has 3 aliphatic heterocycles. The van der Waals surface area contributed by atoms with Gasteiger partial charge in [-0.05, 0) is 74.3 Å². The first-order chi connectivity index (χ1) is 21.3. The second-order valence-electron chi connectivity index (χ2n) is 12.1. The van der Waals surface area contributed by atoms with E-state index in [1.807, 2.05) is 0 Å². The van der Waals surface area contributed by atoms with Crippen molar-refractivity contribution in [2.75, 3.05) is 35.7 Å². The van der Waals surface area contributed by atoms with E-state index in [9.17, 15) is 31.5 Å². The number of anilines is 1. The van der Waals surface area contributed by atoms with Gasteiger partial charge in [0.25, 0.3) is 0 Å². The van der Waals surface area contributed by atoms with Gasteiger partial charge in [0.1, 0.15) is 21.7 Å². The van der Waals surface area contributed by atoms with Crippen LogP contribution in [-0.4, -0.2) is 86.7 Å². The Hall–Kier alpha value is -2.78. The summed E-state index contributed by atoms with van der Waals surface area (Å²) in [6.07, 6.45) is 0.812. The second-order valence-corrected chi connectivity index (χ2v) is 16.9. The van der Waals surface area contributed by atoms with Gasteiger partial charge < -0.3 is 21.1 Å². The molecule has 5 atom stereocenters. The van der Waals surface area contributed by atoms with Gasteiger partial charge in [-0.3, -0.25) is 4.79 Å². The number of amides is 2. The SMILES string of the molecule is O=C(O)N[C@H](C(=O)Nc1cccc(F)c1CC[C@H]1CNC2CCCS(=O)(=O)N1C2)[C@@H](c1ccc(Cl)cc1)C1CCS(=O)(=O)CC1. The quantitative estimate of drug-likeness (QED) is 0.313. The Morgan fingerprint density at radius 2 is 1.76 bits per heavy atom. The van der Waals surface area contributed by atoms with Crippen LogP contribution in [0.5, 0.6) is 0 Å². The number of hydrogen-bond acceptors (Lipinski definition) is 7. The molecule has 0 radical (unpaired) electrons. The second kappa shape index (κ2) is 13.9. The average molecular weight is 685 g/mol. The summed E-state index contributed by atoms with van der Waals surface area (Å²) >= 11 is 6.10. The fourth-order valence-corrected chi connectivity index (χ4v) is 10.3. The summed E-state index contributed by atoms with van der Waals surface area (Å²) in [5, 5.41) is 18.7. The molecule has 2 unspecified atom stereocenters. The van der Waals surface area contributed by atoms with Crippen molar-refractivity contribution in [3.8, 4) is 0 Å². The van der Waals surface area contributed by atoms with E-state index >= 15 is 4.39 Å². The maximum absolute atomic E-state index is 15.3. The van der Waals surface area contributed by atoms with Gasteiger partial charge in [0, 0.05) is 47.4 Å². The Morgan fingerprint density at radius 1 is 1.04 bits per heavy atom. The van der Waals surface area contributed by atoms with Gasteiger partial charge in [0.05, 0.1) is 17.3 Å². The zero-order valence-electron chi connectivity index (χ0n) is 24.6. The number of halogens is 2. The summed E-state index contributed by atoms with van der Waals surface area (Å²) in [7, 11) is -6.69. The van der Waals surface area contributed by atoms with Crippen LogP contribution in [0.3, 0.4) is 0 Å². The minimum Gasteiger partial charge on any atom is -0.465 e. The van der Waals surface area contributed by atoms with Crippen LogP contribution in [0.1, 0.15) is 49.1 Å². The number of carbonyl (C=O) groups excluding carboxylic acids is 1. The van der Waals surface area contributed by atoms with E-state index in [2.05, 4.69) is 16.0 Å². The number of nitrogens with zero attached hydrogens (tertiary/aromatic N) is 1. The highest BCUT2D eigenvalue weighted by molar-refractivity contribution is 7.91. The Balaban J connectivity index is 1.40. The number of nitrogens with one attached hydrogen (secondary N) is 3. The molecule has 45 heavy (non-hydrogen) atoms. The van der Waals surface area contributed by atoms with Crippen LogP contribution in [0.2, 0.25) is 5.02 Å². The van der Waals surface area contributed by atoms with Gasteiger partial charge in [-0.15, -0.1) is 0 Å². The van der Waals surface area contributed by atoms with E-state index < -0.39 is 49.6 Å². The number of carbonyl (C=O) groups is 2. The molecule has 2 aromatic carbocycles. The van der Waals surface area contributed by atoms with Gasteiger partial charge in [0.2, 0.25) is 15.9 Å². The number of sulfone groups is 1. The molecule has 3 saturated heterocycles. The van der Waals surface area contributed by atoms with Gasteiger partial charge >= 0.3 is 6.09 Å². The van der Waals surface area contributed by atoms with E-state index in [1.54, 1.807) is 24.3 Å². The lowest BCUT2D eigenvalue weighted by molar-refractivity contribution is -0.119. The molecule has 5 rings (SSSR count). The molecular weight excluding hydrogens is 647 g/mol. The molecular formula is C30H38ClFN4O7S2. The molecule has 0 spiro atoms. The third-order valence-corrected chi connectivity index (χ3v) is 13.1. The number of carboxylic acid groups (broad SMARTS) is 1. The number of hydrogen-bond donors (Lipinski definition) is 4. The highest BCUT2D eigenvalue weighted by atomic mass is 35.5. The number of sulfonamides is 1. The molecule has 3 heterocycles. The van der Waals surface area contributed by atoms with Gasteiger partial charge in [-0.25, -0.2) is 26.0 Å². The van der Waals surface area contributed by atoms with Crippen LogP contribution < -0.4 is 16.0 Å². The Bertz CT molecular complexity index is 1610. The molecule has 2 bridgehead atoms. The summed E-state index contributed by atoms with van der Waals surface area (Å²) in [4.78, 5) is 25.9. The number of piperazine rings is 1. The Labute approximate surface area is 267 Å². The lowest BCUT2D eigenvalue weighted by Gasteiger charge is -2.37. The zero-order valence-corrected chi connectivity index (χ0v) is 27.0. The summed E-state index contributed by atoms with van der Waals surface area (Å²) < 4.78 is 67.0. The normalized spacial score (nSPS) is 25.8. The van der Waals surface area contributed by atoms with E-state index in [4.69, 9.17) is 11.6 Å². The van der Waals surface area contributed by atoms with Crippen LogP contribution in [-0.2, 0) is 31.1 Å². The minimum absolute atomic E-state index is 0.0718. The van der Waals surface area contributed by atoms with Crippen molar-refractivity contribution in [3.05, 3.63) is 64.4 Å². The maximum atomic E-state index is 15.3. The zero-order chi connectivity index (χ0) is 32.4. The van der Waals surface area contributed by atoms with Crippen molar-refractivity contribution in [3.63, 3.8) is 0 Å². The molecule has 4 N–H and O–H groups in total. The van der Waals surface area contributed by atoms with Gasteiger partial charge in [-0.1, -0.05) is 29.8 Å². The first kappa shape index (κ1) is 33.6. The molecule has 2 aromatic rings. The Kier molecular flexibility index (Phi) is 10.4. The van der Waals surface area contributed by atoms with Crippen molar-refractivity contribution in [2.24, 2.45) is 5.92 Å². The van der Waals surface area contributed by atoms with Crippen LogP contribution in [0.4, 0.5) is 14.9 Å². The monoisotopic (exact) mass is 684 g/mol. The molecule has 2 amide bonds. The molecule has 246 valence electrons. The molecule has 3 aliphatic rings. The lowest BCUT2D eigenvalue weighted by atomic mass is 9.77. The predicted octanol–water partition coefficient (Wildman–Crippen LogP) is 3.36. The third kappa shape index (κ3) is 8.15. The van der Waals surface area contributed by atoms with Gasteiger partial charge in [0.15, 0.2) is 0 Å². The van der Waals surface area contributed by atoms with Crippen molar-refractivity contribution >= 4 is 49.1 Å². The smallest absolute Gasteiger partial charge is 0.405 e. The van der Waals surface area contributed by atoms with Crippen LogP contribution >= 0.6 is 11.6 Å². The summed E-state index contributed by atoms with van der Waals surface area (Å²) in [5.74, 6) is -2.48. The molecule has 0 saturated carbocycles. The molecule has 0 aliphatic carbocycles. The minimum atomic E-state index is -3.44. The number of benzene rings is 2. The summed E-state index contributed by atoms with van der Waals surface area (Å²) in [6, 6.07) is 9.19.